The summed E-state index contributed by atoms with van der Waals surface area (Å²) in [5, 5.41) is 12.0. The maximum atomic E-state index is 11.9. The summed E-state index contributed by atoms with van der Waals surface area (Å²) in [4.78, 5) is 35.2. The fraction of sp³-hybridized carbons (Fsp3) is 0.316. The lowest BCUT2D eigenvalue weighted by Crippen LogP contribution is -2.27. The van der Waals surface area contributed by atoms with Crippen molar-refractivity contribution in [1.82, 2.24) is 10.6 Å². The van der Waals surface area contributed by atoms with Crippen molar-refractivity contribution in [3.8, 4) is 0 Å². The van der Waals surface area contributed by atoms with Gasteiger partial charge in [-0.1, -0.05) is 12.1 Å². The summed E-state index contributed by atoms with van der Waals surface area (Å²) in [6, 6.07) is 9.01. The first-order valence-corrected chi connectivity index (χ1v) is 9.47. The molecule has 3 amide bonds. The Labute approximate surface area is 162 Å². The maximum Gasteiger partial charge on any atom is 0.252 e. The molecule has 0 atom stereocenters. The van der Waals surface area contributed by atoms with E-state index in [2.05, 4.69) is 16.0 Å². The van der Waals surface area contributed by atoms with E-state index in [1.165, 1.54) is 18.4 Å². The van der Waals surface area contributed by atoms with Gasteiger partial charge in [0.05, 0.1) is 0 Å². The number of methoxy groups -OCH3 is 1. The van der Waals surface area contributed by atoms with Crippen molar-refractivity contribution in [2.24, 2.45) is 0 Å². The molecule has 8 heteroatoms. The van der Waals surface area contributed by atoms with Gasteiger partial charge in [0.2, 0.25) is 11.8 Å². The molecule has 0 aliphatic carbocycles. The lowest BCUT2D eigenvalue weighted by atomic mass is 10.2. The molecule has 0 spiro atoms. The van der Waals surface area contributed by atoms with E-state index in [1.54, 1.807) is 23.6 Å². The van der Waals surface area contributed by atoms with Gasteiger partial charge in [-0.3, -0.25) is 14.4 Å². The molecule has 0 aliphatic rings. The Morgan fingerprint density at radius 2 is 1.96 bits per heavy atom. The largest absolute Gasteiger partial charge is 0.375 e. The fourth-order valence-corrected chi connectivity index (χ4v) is 2.96. The molecule has 0 aliphatic heterocycles. The number of thiophene rings is 1. The predicted molar refractivity (Wildman–Crippen MR) is 105 cm³/mol. The molecule has 0 fully saturated rings. The molecule has 1 aromatic heterocycles. The van der Waals surface area contributed by atoms with Gasteiger partial charge in [0.25, 0.3) is 5.91 Å². The summed E-state index contributed by atoms with van der Waals surface area (Å²) < 4.78 is 4.77. The highest BCUT2D eigenvalue weighted by molar-refractivity contribution is 7.08. The molecule has 2 rings (SSSR count). The summed E-state index contributed by atoms with van der Waals surface area (Å²) in [5.41, 5.74) is 2.17. The summed E-state index contributed by atoms with van der Waals surface area (Å²) in [7, 11) is 1.46. The monoisotopic (exact) mass is 389 g/mol. The first kappa shape index (κ1) is 20.6. The van der Waals surface area contributed by atoms with Crippen LogP contribution in [-0.4, -0.2) is 38.0 Å². The molecular weight excluding hydrogens is 366 g/mol. The Bertz CT molecular complexity index is 762. The standard InChI is InChI=1S/C19H23N3O4S/c1-26-12-18(24)22-16-5-2-4-14(10-16)11-21-17(23)6-3-8-20-19(25)15-7-9-27-13-15/h2,4-5,7,9-10,13H,3,6,8,11-12H2,1H3,(H,20,25)(H,21,23)(H,22,24). The van der Waals surface area contributed by atoms with Crippen molar-refractivity contribution in [2.75, 3.05) is 25.6 Å². The number of nitrogens with one attached hydrogen (secondary N) is 3. The summed E-state index contributed by atoms with van der Waals surface area (Å²) >= 11 is 1.47. The van der Waals surface area contributed by atoms with Crippen LogP contribution < -0.4 is 16.0 Å². The first-order valence-electron chi connectivity index (χ1n) is 8.53. The zero-order valence-corrected chi connectivity index (χ0v) is 15.9. The molecule has 27 heavy (non-hydrogen) atoms. The number of rotatable bonds is 10. The maximum absolute atomic E-state index is 11.9. The van der Waals surface area contributed by atoms with E-state index in [-0.39, 0.29) is 24.3 Å². The van der Waals surface area contributed by atoms with Crippen LogP contribution in [0.4, 0.5) is 5.69 Å². The third kappa shape index (κ3) is 7.59. The molecule has 0 saturated heterocycles. The topological polar surface area (TPSA) is 96.5 Å². The molecule has 0 radical (unpaired) electrons. The fourth-order valence-electron chi connectivity index (χ4n) is 2.32. The minimum atomic E-state index is -0.233. The molecule has 144 valence electrons. The first-order chi connectivity index (χ1) is 13.1. The van der Waals surface area contributed by atoms with Crippen LogP contribution in [0.5, 0.6) is 0 Å². The summed E-state index contributed by atoms with van der Waals surface area (Å²) in [6.07, 6.45) is 0.892. The van der Waals surface area contributed by atoms with Crippen molar-refractivity contribution in [2.45, 2.75) is 19.4 Å². The van der Waals surface area contributed by atoms with Crippen LogP contribution in [0.2, 0.25) is 0 Å². The van der Waals surface area contributed by atoms with Crippen LogP contribution >= 0.6 is 11.3 Å². The van der Waals surface area contributed by atoms with E-state index in [0.29, 0.717) is 37.2 Å². The zero-order valence-electron chi connectivity index (χ0n) is 15.1. The number of benzene rings is 1. The van der Waals surface area contributed by atoms with E-state index in [1.807, 2.05) is 17.5 Å². The number of amides is 3. The number of carbonyl (C=O) groups is 3. The van der Waals surface area contributed by atoms with E-state index in [9.17, 15) is 14.4 Å². The van der Waals surface area contributed by atoms with Crippen LogP contribution in [0, 0.1) is 0 Å². The van der Waals surface area contributed by atoms with Gasteiger partial charge in [0, 0.05) is 43.3 Å². The number of carbonyl (C=O) groups excluding carboxylic acids is 3. The summed E-state index contributed by atoms with van der Waals surface area (Å²) in [5.74, 6) is -0.444. The highest BCUT2D eigenvalue weighted by Gasteiger charge is 2.07. The van der Waals surface area contributed by atoms with Crippen molar-refractivity contribution < 1.29 is 19.1 Å². The average molecular weight is 389 g/mol. The third-order valence-corrected chi connectivity index (χ3v) is 4.31. The quantitative estimate of drug-likeness (QED) is 0.543. The number of hydrogen-bond donors (Lipinski definition) is 3. The molecular formula is C19H23N3O4S. The zero-order chi connectivity index (χ0) is 19.5. The Morgan fingerprint density at radius 1 is 1.11 bits per heavy atom. The van der Waals surface area contributed by atoms with E-state index < -0.39 is 0 Å². The van der Waals surface area contributed by atoms with E-state index >= 15 is 0 Å². The van der Waals surface area contributed by atoms with Gasteiger partial charge in [-0.15, -0.1) is 0 Å². The van der Waals surface area contributed by atoms with Crippen LogP contribution in [0.1, 0.15) is 28.8 Å². The third-order valence-electron chi connectivity index (χ3n) is 3.63. The highest BCUT2D eigenvalue weighted by atomic mass is 32.1. The molecule has 3 N–H and O–H groups in total. The Morgan fingerprint density at radius 3 is 2.70 bits per heavy atom. The van der Waals surface area contributed by atoms with Gasteiger partial charge >= 0.3 is 0 Å². The van der Waals surface area contributed by atoms with Crippen molar-refractivity contribution in [1.29, 1.82) is 0 Å². The van der Waals surface area contributed by atoms with Crippen LogP contribution in [-0.2, 0) is 20.9 Å². The number of ether oxygens (including phenoxy) is 1. The minimum Gasteiger partial charge on any atom is -0.375 e. The Kier molecular flexibility index (Phi) is 8.47. The van der Waals surface area contributed by atoms with Crippen molar-refractivity contribution >= 4 is 34.7 Å². The Balaban J connectivity index is 1.66. The van der Waals surface area contributed by atoms with Crippen LogP contribution in [0.25, 0.3) is 0 Å². The molecule has 7 nitrogen and oxygen atoms in total. The van der Waals surface area contributed by atoms with Gasteiger partial charge in [-0.05, 0) is 35.6 Å². The van der Waals surface area contributed by atoms with Gasteiger partial charge in [-0.25, -0.2) is 0 Å². The molecule has 1 aromatic carbocycles. The lowest BCUT2D eigenvalue weighted by molar-refractivity contribution is -0.121. The van der Waals surface area contributed by atoms with Crippen LogP contribution in [0.3, 0.4) is 0 Å². The highest BCUT2D eigenvalue weighted by Crippen LogP contribution is 2.10. The minimum absolute atomic E-state index is 0.0100. The predicted octanol–water partition coefficient (Wildman–Crippen LogP) is 2.16. The number of anilines is 1. The van der Waals surface area contributed by atoms with Crippen molar-refractivity contribution in [3.05, 3.63) is 52.2 Å². The molecule has 2 aromatic rings. The van der Waals surface area contributed by atoms with E-state index in [4.69, 9.17) is 4.74 Å². The second-order valence-corrected chi connectivity index (χ2v) is 6.61. The lowest BCUT2D eigenvalue weighted by Gasteiger charge is -2.09. The van der Waals surface area contributed by atoms with Crippen LogP contribution in [0.15, 0.2) is 41.1 Å². The molecule has 0 bridgehead atoms. The van der Waals surface area contributed by atoms with Crippen molar-refractivity contribution in [3.63, 3.8) is 0 Å². The smallest absolute Gasteiger partial charge is 0.252 e. The molecule has 0 unspecified atom stereocenters. The summed E-state index contributed by atoms with van der Waals surface area (Å²) in [6.45, 7) is 0.807. The van der Waals surface area contributed by atoms with Gasteiger partial charge in [0.1, 0.15) is 6.61 Å². The van der Waals surface area contributed by atoms with Gasteiger partial charge in [0.15, 0.2) is 0 Å². The van der Waals surface area contributed by atoms with Gasteiger partial charge < -0.3 is 20.7 Å². The van der Waals surface area contributed by atoms with Gasteiger partial charge in [-0.2, -0.15) is 11.3 Å². The normalized spacial score (nSPS) is 10.3. The molecule has 0 saturated carbocycles. The van der Waals surface area contributed by atoms with E-state index in [0.717, 1.165) is 5.56 Å². The average Bonchev–Trinajstić information content (AvgIpc) is 3.19. The number of hydrogen-bond acceptors (Lipinski definition) is 5. The second kappa shape index (κ2) is 11.1. The Hall–Kier alpha value is -2.71. The molecule has 1 heterocycles. The SMILES string of the molecule is COCC(=O)Nc1cccc(CNC(=O)CCCNC(=O)c2ccsc2)c1. The second-order valence-electron chi connectivity index (χ2n) is 5.83.